The predicted octanol–water partition coefficient (Wildman–Crippen LogP) is 3.55. The summed E-state index contributed by atoms with van der Waals surface area (Å²) in [5.41, 5.74) is 1.33. The van der Waals surface area contributed by atoms with Crippen molar-refractivity contribution in [2.24, 2.45) is 4.99 Å². The summed E-state index contributed by atoms with van der Waals surface area (Å²) in [7, 11) is 0. The van der Waals surface area contributed by atoms with Gasteiger partial charge in [-0.25, -0.2) is 0 Å². The van der Waals surface area contributed by atoms with Gasteiger partial charge in [0.25, 0.3) is 0 Å². The van der Waals surface area contributed by atoms with Gasteiger partial charge < -0.3 is 20.1 Å². The minimum absolute atomic E-state index is 0. The molecule has 0 saturated carbocycles. The molecule has 1 aliphatic heterocycles. The maximum Gasteiger partial charge on any atom is 0.191 e. The lowest BCUT2D eigenvalue weighted by atomic mass is 9.94. The van der Waals surface area contributed by atoms with Crippen LogP contribution in [-0.2, 0) is 9.47 Å². The molecule has 3 atom stereocenters. The quantitative estimate of drug-likeness (QED) is 0.248. The van der Waals surface area contributed by atoms with Crippen molar-refractivity contribution in [3.8, 4) is 0 Å². The molecule has 0 aliphatic carbocycles. The molecule has 0 aromatic heterocycles. The van der Waals surface area contributed by atoms with Crippen LogP contribution in [-0.4, -0.2) is 51.0 Å². The van der Waals surface area contributed by atoms with Crippen molar-refractivity contribution in [1.29, 1.82) is 0 Å². The van der Waals surface area contributed by atoms with E-state index < -0.39 is 0 Å². The number of rotatable bonds is 9. The first kappa shape index (κ1) is 23.2. The van der Waals surface area contributed by atoms with Gasteiger partial charge in [0.2, 0.25) is 0 Å². The average Bonchev–Trinajstić information content (AvgIpc) is 3.15. The third-order valence-electron chi connectivity index (χ3n) is 4.62. The number of aliphatic imine (C=N–C) groups is 1. The van der Waals surface area contributed by atoms with Gasteiger partial charge in [-0.05, 0) is 32.3 Å². The van der Waals surface area contributed by atoms with Gasteiger partial charge in [0.15, 0.2) is 5.96 Å². The van der Waals surface area contributed by atoms with Crippen molar-refractivity contribution >= 4 is 29.9 Å². The van der Waals surface area contributed by atoms with Crippen molar-refractivity contribution in [3.05, 3.63) is 35.9 Å². The Kier molecular flexibility index (Phi) is 11.9. The molecule has 26 heavy (non-hydrogen) atoms. The second-order valence-electron chi connectivity index (χ2n) is 6.60. The third kappa shape index (κ3) is 8.22. The van der Waals surface area contributed by atoms with Crippen molar-refractivity contribution < 1.29 is 9.47 Å². The molecule has 5 nitrogen and oxygen atoms in total. The zero-order chi connectivity index (χ0) is 17.9. The van der Waals surface area contributed by atoms with Crippen LogP contribution < -0.4 is 10.6 Å². The summed E-state index contributed by atoms with van der Waals surface area (Å²) < 4.78 is 11.2. The summed E-state index contributed by atoms with van der Waals surface area (Å²) in [6.07, 6.45) is 2.54. The Morgan fingerprint density at radius 2 is 2.08 bits per heavy atom. The van der Waals surface area contributed by atoms with Crippen LogP contribution in [0.25, 0.3) is 0 Å². The molecule has 1 fully saturated rings. The summed E-state index contributed by atoms with van der Waals surface area (Å²) in [6.45, 7) is 10.2. The van der Waals surface area contributed by atoms with Gasteiger partial charge in [0.05, 0.1) is 25.9 Å². The van der Waals surface area contributed by atoms with Gasteiger partial charge in [-0.3, -0.25) is 4.99 Å². The monoisotopic (exact) mass is 475 g/mol. The van der Waals surface area contributed by atoms with Gasteiger partial charge in [-0.1, -0.05) is 37.3 Å². The third-order valence-corrected chi connectivity index (χ3v) is 4.62. The van der Waals surface area contributed by atoms with Crippen LogP contribution in [0.4, 0.5) is 0 Å². The smallest absolute Gasteiger partial charge is 0.191 e. The van der Waals surface area contributed by atoms with Crippen LogP contribution in [0.3, 0.4) is 0 Å². The molecule has 3 unspecified atom stereocenters. The number of nitrogens with zero attached hydrogens (tertiary/aromatic N) is 1. The zero-order valence-electron chi connectivity index (χ0n) is 16.2. The average molecular weight is 475 g/mol. The minimum atomic E-state index is 0. The van der Waals surface area contributed by atoms with Crippen LogP contribution in [0.1, 0.15) is 45.1 Å². The van der Waals surface area contributed by atoms with E-state index in [1.54, 1.807) is 0 Å². The van der Waals surface area contributed by atoms with E-state index in [0.29, 0.717) is 25.7 Å². The summed E-state index contributed by atoms with van der Waals surface area (Å²) in [5.74, 6) is 1.25. The number of hydrogen-bond acceptors (Lipinski definition) is 3. The van der Waals surface area contributed by atoms with Crippen molar-refractivity contribution in [1.82, 2.24) is 10.6 Å². The molecule has 1 heterocycles. The van der Waals surface area contributed by atoms with E-state index in [0.717, 1.165) is 32.0 Å². The normalized spacial score (nSPS) is 19.5. The van der Waals surface area contributed by atoms with Gasteiger partial charge in [-0.15, -0.1) is 24.0 Å². The van der Waals surface area contributed by atoms with Crippen molar-refractivity contribution in [2.75, 3.05) is 32.9 Å². The Morgan fingerprint density at radius 3 is 2.73 bits per heavy atom. The molecule has 1 aromatic rings. The first-order valence-corrected chi connectivity index (χ1v) is 9.49. The number of guanidine groups is 1. The van der Waals surface area contributed by atoms with Gasteiger partial charge in [0, 0.05) is 25.1 Å². The van der Waals surface area contributed by atoms with Crippen LogP contribution in [0.15, 0.2) is 35.3 Å². The Bertz CT molecular complexity index is 507. The predicted molar refractivity (Wildman–Crippen MR) is 119 cm³/mol. The second kappa shape index (κ2) is 13.3. The highest BCUT2D eigenvalue weighted by Gasteiger charge is 2.16. The molecule has 0 spiro atoms. The maximum atomic E-state index is 5.68. The summed E-state index contributed by atoms with van der Waals surface area (Å²) >= 11 is 0. The molecule has 1 saturated heterocycles. The fraction of sp³-hybridized carbons (Fsp3) is 0.650. The first-order chi connectivity index (χ1) is 12.2. The first-order valence-electron chi connectivity index (χ1n) is 9.49. The Morgan fingerprint density at radius 1 is 1.31 bits per heavy atom. The summed E-state index contributed by atoms with van der Waals surface area (Å²) in [6, 6.07) is 10.9. The number of nitrogens with one attached hydrogen (secondary N) is 2. The van der Waals surface area contributed by atoms with E-state index in [1.807, 2.05) is 0 Å². The summed E-state index contributed by atoms with van der Waals surface area (Å²) in [4.78, 5) is 4.62. The Labute approximate surface area is 175 Å². The molecule has 2 N–H and O–H groups in total. The van der Waals surface area contributed by atoms with Crippen LogP contribution in [0.2, 0.25) is 0 Å². The van der Waals surface area contributed by atoms with E-state index in [-0.39, 0.29) is 36.1 Å². The lowest BCUT2D eigenvalue weighted by molar-refractivity contribution is 0.0200. The molecular formula is C20H34IN3O2. The SMILES string of the molecule is CCNC(=NCCOCC1CCCO1)NC(C)C(C)c1ccccc1.I. The highest BCUT2D eigenvalue weighted by Crippen LogP contribution is 2.18. The number of hydrogen-bond donors (Lipinski definition) is 2. The van der Waals surface area contributed by atoms with E-state index in [4.69, 9.17) is 9.47 Å². The van der Waals surface area contributed by atoms with E-state index in [2.05, 4.69) is 66.7 Å². The zero-order valence-corrected chi connectivity index (χ0v) is 18.6. The van der Waals surface area contributed by atoms with Crippen LogP contribution in [0.5, 0.6) is 0 Å². The highest BCUT2D eigenvalue weighted by molar-refractivity contribution is 14.0. The Hall–Kier alpha value is -0.860. The number of halogens is 1. The van der Waals surface area contributed by atoms with Gasteiger partial charge in [-0.2, -0.15) is 0 Å². The summed E-state index contributed by atoms with van der Waals surface area (Å²) in [5, 5.41) is 6.82. The van der Waals surface area contributed by atoms with Crippen LogP contribution in [0, 0.1) is 0 Å². The lowest BCUT2D eigenvalue weighted by Crippen LogP contribution is -2.44. The van der Waals surface area contributed by atoms with Gasteiger partial charge >= 0.3 is 0 Å². The number of benzene rings is 1. The molecule has 6 heteroatoms. The molecule has 1 aromatic carbocycles. The minimum Gasteiger partial charge on any atom is -0.377 e. The van der Waals surface area contributed by atoms with Crippen molar-refractivity contribution in [3.63, 3.8) is 0 Å². The molecule has 0 amide bonds. The molecule has 0 radical (unpaired) electrons. The molecular weight excluding hydrogens is 441 g/mol. The van der Waals surface area contributed by atoms with Gasteiger partial charge in [0.1, 0.15) is 0 Å². The van der Waals surface area contributed by atoms with E-state index in [9.17, 15) is 0 Å². The molecule has 148 valence electrons. The Balaban J connectivity index is 0.00000338. The fourth-order valence-electron chi connectivity index (χ4n) is 2.92. The van der Waals surface area contributed by atoms with Crippen LogP contribution >= 0.6 is 24.0 Å². The largest absolute Gasteiger partial charge is 0.377 e. The number of ether oxygens (including phenoxy) is 2. The molecule has 1 aliphatic rings. The second-order valence-corrected chi connectivity index (χ2v) is 6.60. The molecule has 2 rings (SSSR count). The standard InChI is InChI=1S/C20H33N3O2.HI/c1-4-21-20(22-12-14-24-15-19-11-8-13-25-19)23-17(3)16(2)18-9-6-5-7-10-18;/h5-7,9-10,16-17,19H,4,8,11-15H2,1-3H3,(H2,21,22,23);1H. The van der Waals surface area contributed by atoms with E-state index in [1.165, 1.54) is 5.56 Å². The lowest BCUT2D eigenvalue weighted by Gasteiger charge is -2.24. The topological polar surface area (TPSA) is 54.9 Å². The highest BCUT2D eigenvalue weighted by atomic mass is 127. The fourth-order valence-corrected chi connectivity index (χ4v) is 2.92. The van der Waals surface area contributed by atoms with Crippen molar-refractivity contribution in [2.45, 2.75) is 51.7 Å². The molecule has 0 bridgehead atoms. The van der Waals surface area contributed by atoms with E-state index >= 15 is 0 Å². The maximum absolute atomic E-state index is 5.68.